The van der Waals surface area contributed by atoms with Gasteiger partial charge in [-0.1, -0.05) is 18.2 Å². The molecule has 4 rings (SSSR count). The number of benzene rings is 1. The highest BCUT2D eigenvalue weighted by molar-refractivity contribution is 5.79. The Labute approximate surface area is 168 Å². The smallest absolute Gasteiger partial charge is 0.260 e. The molecule has 0 spiro atoms. The molecule has 156 valence electrons. The Kier molecular flexibility index (Phi) is 5.64. The molecule has 0 bridgehead atoms. The molecule has 1 aromatic heterocycles. The molecule has 9 heteroatoms. The number of hydrogen-bond donors (Lipinski definition) is 1. The lowest BCUT2D eigenvalue weighted by Crippen LogP contribution is -2.48. The van der Waals surface area contributed by atoms with Gasteiger partial charge < -0.3 is 15.0 Å². The van der Waals surface area contributed by atoms with E-state index >= 15 is 0 Å². The van der Waals surface area contributed by atoms with Gasteiger partial charge in [0.05, 0.1) is 13.5 Å². The van der Waals surface area contributed by atoms with Crippen LogP contribution in [-0.2, 0) is 11.2 Å². The Balaban J connectivity index is 1.44. The van der Waals surface area contributed by atoms with Gasteiger partial charge in [-0.15, -0.1) is 0 Å². The molecule has 29 heavy (non-hydrogen) atoms. The van der Waals surface area contributed by atoms with Crippen LogP contribution in [0.5, 0.6) is 5.75 Å². The van der Waals surface area contributed by atoms with Gasteiger partial charge in [-0.05, 0) is 31.2 Å². The lowest BCUT2D eigenvalue weighted by Gasteiger charge is -2.40. The van der Waals surface area contributed by atoms with E-state index in [0.29, 0.717) is 24.8 Å². The molecule has 0 radical (unpaired) electrons. The molecule has 0 saturated carbocycles. The first-order valence-electron chi connectivity index (χ1n) is 9.90. The number of likely N-dealkylation sites (tertiary alicyclic amines) is 1. The van der Waals surface area contributed by atoms with Crippen molar-refractivity contribution in [2.75, 3.05) is 25.5 Å². The number of aromatic nitrogens is 3. The number of methoxy groups -OCH3 is 1. The maximum absolute atomic E-state index is 13.5. The van der Waals surface area contributed by atoms with Crippen molar-refractivity contribution in [3.8, 4) is 5.75 Å². The second kappa shape index (κ2) is 8.34. The van der Waals surface area contributed by atoms with Crippen LogP contribution in [-0.4, -0.2) is 58.2 Å². The minimum absolute atomic E-state index is 0.0311. The largest absolute Gasteiger partial charge is 0.496 e. The van der Waals surface area contributed by atoms with Crippen LogP contribution in [0.3, 0.4) is 0 Å². The number of para-hydroxylation sites is 1. The van der Waals surface area contributed by atoms with E-state index in [1.54, 1.807) is 7.11 Å². The maximum atomic E-state index is 13.5. The van der Waals surface area contributed by atoms with Crippen LogP contribution >= 0.6 is 0 Å². The number of nitrogens with one attached hydrogen (secondary N) is 1. The number of rotatable bonds is 5. The second-order valence-corrected chi connectivity index (χ2v) is 7.65. The van der Waals surface area contributed by atoms with E-state index in [1.165, 1.54) is 11.0 Å². The topological polar surface area (TPSA) is 72.3 Å². The van der Waals surface area contributed by atoms with E-state index in [-0.39, 0.29) is 30.7 Å². The number of alkyl halides is 2. The number of fused-ring (bicyclic) bond motifs is 1. The summed E-state index contributed by atoms with van der Waals surface area (Å²) in [5, 5.41) is 7.19. The van der Waals surface area contributed by atoms with Gasteiger partial charge in [-0.25, -0.2) is 13.5 Å². The molecule has 0 aliphatic carbocycles. The van der Waals surface area contributed by atoms with Gasteiger partial charge in [-0.2, -0.15) is 10.1 Å². The predicted molar refractivity (Wildman–Crippen MR) is 103 cm³/mol. The van der Waals surface area contributed by atoms with Crippen LogP contribution in [0.4, 0.5) is 14.7 Å². The lowest BCUT2D eigenvalue weighted by atomic mass is 9.86. The van der Waals surface area contributed by atoms with E-state index in [4.69, 9.17) is 4.74 Å². The number of ether oxygens (including phenoxy) is 1. The summed E-state index contributed by atoms with van der Waals surface area (Å²) in [6.45, 7) is 1.24. The molecule has 2 aromatic rings. The molecule has 1 N–H and O–H groups in total. The zero-order chi connectivity index (χ0) is 20.4. The number of nitrogens with zero attached hydrogens (tertiary/aromatic N) is 4. The highest BCUT2D eigenvalue weighted by atomic mass is 19.3. The second-order valence-electron chi connectivity index (χ2n) is 7.65. The molecule has 1 unspecified atom stereocenters. The van der Waals surface area contributed by atoms with E-state index < -0.39 is 12.5 Å². The number of carbonyl (C=O) groups is 1. The summed E-state index contributed by atoms with van der Waals surface area (Å²) in [7, 11) is 1.59. The SMILES string of the molecule is COc1ccccc1CC(=O)N1CCCC([C@@H]2C[C@H](C(F)F)n3ncnc3N2)C1. The highest BCUT2D eigenvalue weighted by Crippen LogP contribution is 2.35. The summed E-state index contributed by atoms with van der Waals surface area (Å²) in [5.41, 5.74) is 0.851. The minimum Gasteiger partial charge on any atom is -0.496 e. The Hall–Kier alpha value is -2.71. The van der Waals surface area contributed by atoms with Crippen LogP contribution in [0.15, 0.2) is 30.6 Å². The number of piperidine rings is 1. The molecule has 1 aromatic carbocycles. The summed E-state index contributed by atoms with van der Waals surface area (Å²) in [6, 6.07) is 6.34. The molecule has 3 atom stereocenters. The third-order valence-corrected chi connectivity index (χ3v) is 5.90. The zero-order valence-electron chi connectivity index (χ0n) is 16.3. The van der Waals surface area contributed by atoms with Gasteiger partial charge in [0, 0.05) is 24.7 Å². The number of halogens is 2. The van der Waals surface area contributed by atoms with Crippen molar-refractivity contribution in [2.24, 2.45) is 5.92 Å². The van der Waals surface area contributed by atoms with Gasteiger partial charge in [0.1, 0.15) is 18.1 Å². The van der Waals surface area contributed by atoms with Gasteiger partial charge >= 0.3 is 0 Å². The number of carbonyl (C=O) groups excluding carboxylic acids is 1. The Morgan fingerprint density at radius 2 is 2.21 bits per heavy atom. The van der Waals surface area contributed by atoms with Gasteiger partial charge in [0.15, 0.2) is 0 Å². The van der Waals surface area contributed by atoms with Crippen LogP contribution in [0.25, 0.3) is 0 Å². The van der Waals surface area contributed by atoms with E-state index in [1.807, 2.05) is 29.2 Å². The highest BCUT2D eigenvalue weighted by Gasteiger charge is 2.39. The fraction of sp³-hybridized carbons (Fsp3) is 0.550. The first-order chi connectivity index (χ1) is 14.1. The summed E-state index contributed by atoms with van der Waals surface area (Å²) in [4.78, 5) is 18.8. The average molecular weight is 405 g/mol. The zero-order valence-corrected chi connectivity index (χ0v) is 16.3. The lowest BCUT2D eigenvalue weighted by molar-refractivity contribution is -0.132. The fourth-order valence-corrected chi connectivity index (χ4v) is 4.39. The van der Waals surface area contributed by atoms with Crippen LogP contribution in [0.1, 0.15) is 30.9 Å². The monoisotopic (exact) mass is 405 g/mol. The van der Waals surface area contributed by atoms with Gasteiger partial charge in [0.25, 0.3) is 6.43 Å². The van der Waals surface area contributed by atoms with Crippen LogP contribution < -0.4 is 10.1 Å². The molecule has 2 aliphatic heterocycles. The van der Waals surface area contributed by atoms with Gasteiger partial charge in [-0.3, -0.25) is 4.79 Å². The Bertz CT molecular complexity index is 859. The van der Waals surface area contributed by atoms with Crippen molar-refractivity contribution in [1.82, 2.24) is 19.7 Å². The van der Waals surface area contributed by atoms with Gasteiger partial charge in [0.2, 0.25) is 11.9 Å². The van der Waals surface area contributed by atoms with E-state index in [2.05, 4.69) is 15.4 Å². The fourth-order valence-electron chi connectivity index (χ4n) is 4.39. The first-order valence-corrected chi connectivity index (χ1v) is 9.90. The molecule has 1 fully saturated rings. The number of anilines is 1. The summed E-state index contributed by atoms with van der Waals surface area (Å²) in [5.74, 6) is 1.20. The average Bonchev–Trinajstić information content (AvgIpc) is 3.22. The van der Waals surface area contributed by atoms with E-state index in [0.717, 1.165) is 18.4 Å². The van der Waals surface area contributed by atoms with E-state index in [9.17, 15) is 13.6 Å². The van der Waals surface area contributed by atoms with Crippen molar-refractivity contribution in [1.29, 1.82) is 0 Å². The number of hydrogen-bond acceptors (Lipinski definition) is 5. The molecule has 3 heterocycles. The summed E-state index contributed by atoms with van der Waals surface area (Å²) >= 11 is 0. The maximum Gasteiger partial charge on any atom is 0.260 e. The van der Waals surface area contributed by atoms with Crippen molar-refractivity contribution in [3.63, 3.8) is 0 Å². The number of amides is 1. The molecule has 1 amide bonds. The third-order valence-electron chi connectivity index (χ3n) is 5.90. The molecular formula is C20H25F2N5O2. The van der Waals surface area contributed by atoms with Crippen LogP contribution in [0, 0.1) is 5.92 Å². The Morgan fingerprint density at radius 1 is 1.38 bits per heavy atom. The van der Waals surface area contributed by atoms with Crippen LogP contribution in [0.2, 0.25) is 0 Å². The molecule has 7 nitrogen and oxygen atoms in total. The minimum atomic E-state index is -2.51. The summed E-state index contributed by atoms with van der Waals surface area (Å²) < 4.78 is 33.7. The normalized spacial score (nSPS) is 24.1. The van der Waals surface area contributed by atoms with Crippen molar-refractivity contribution < 1.29 is 18.3 Å². The van der Waals surface area contributed by atoms with Crippen molar-refractivity contribution in [3.05, 3.63) is 36.2 Å². The van der Waals surface area contributed by atoms with Crippen molar-refractivity contribution >= 4 is 11.9 Å². The standard InChI is InChI=1S/C20H25F2N5O2/c1-29-17-7-3-2-5-13(17)9-18(28)26-8-4-6-14(11-26)15-10-16(19(21)22)27-20(25-15)23-12-24-27/h2-3,5,7,12,14-16,19H,4,6,8-11H2,1H3,(H,23,24,25)/t14?,15-,16+/m0/s1. The summed E-state index contributed by atoms with van der Waals surface area (Å²) in [6.07, 6.45) is 1.07. The Morgan fingerprint density at radius 3 is 3.00 bits per heavy atom. The molecule has 2 aliphatic rings. The third kappa shape index (κ3) is 4.04. The van der Waals surface area contributed by atoms with Crippen molar-refractivity contribution in [2.45, 2.75) is 44.2 Å². The predicted octanol–water partition coefficient (Wildman–Crippen LogP) is 2.76. The first kappa shape index (κ1) is 19.6. The molecule has 1 saturated heterocycles. The quantitative estimate of drug-likeness (QED) is 0.828. The molecular weight excluding hydrogens is 380 g/mol.